The molecular formula is C14H18ClNO6. The highest BCUT2D eigenvalue weighted by atomic mass is 35.5. The van der Waals surface area contributed by atoms with Crippen molar-refractivity contribution in [3.05, 3.63) is 29.3 Å². The summed E-state index contributed by atoms with van der Waals surface area (Å²) < 4.78 is 11.0. The second-order valence-corrected chi connectivity index (χ2v) is 5.44. The Balaban J connectivity index is 2.21. The molecule has 7 nitrogen and oxygen atoms in total. The van der Waals surface area contributed by atoms with Crippen molar-refractivity contribution in [2.24, 2.45) is 0 Å². The molecule has 1 amide bonds. The number of nitrogens with one attached hydrogen (secondary N) is 1. The first-order valence-electron chi connectivity index (χ1n) is 6.74. The highest BCUT2D eigenvalue weighted by Crippen LogP contribution is 2.25. The number of hydrogen-bond acceptors (Lipinski definition) is 6. The van der Waals surface area contributed by atoms with Crippen molar-refractivity contribution >= 4 is 17.5 Å². The molecule has 2 rings (SSSR count). The molecule has 1 heterocycles. The molecule has 22 heavy (non-hydrogen) atoms. The van der Waals surface area contributed by atoms with Crippen LogP contribution in [0.25, 0.3) is 0 Å². The molecule has 1 saturated heterocycles. The van der Waals surface area contributed by atoms with Gasteiger partial charge >= 0.3 is 0 Å². The Hall–Kier alpha value is -1.38. The van der Waals surface area contributed by atoms with Crippen LogP contribution < -0.4 is 10.1 Å². The zero-order valence-corrected chi connectivity index (χ0v) is 12.6. The van der Waals surface area contributed by atoms with Crippen LogP contribution in [-0.4, -0.2) is 58.5 Å². The average molecular weight is 332 g/mol. The maximum Gasteiger partial charge on any atom is 0.223 e. The van der Waals surface area contributed by atoms with Crippen molar-refractivity contribution in [3.63, 3.8) is 0 Å². The summed E-state index contributed by atoms with van der Waals surface area (Å²) in [6.07, 6.45) is -4.80. The number of aliphatic hydroxyl groups is 3. The molecule has 5 atom stereocenters. The minimum atomic E-state index is -1.35. The second kappa shape index (κ2) is 7.26. The Labute approximate surface area is 132 Å². The molecule has 1 aromatic rings. The monoisotopic (exact) mass is 331 g/mol. The molecule has 8 heteroatoms. The standard InChI is InChI=1S/C14H18ClNO6/c1-7(18)16-11-13(20)12(19)10(6-17)22-14(11)21-9-4-2-3-8(15)5-9/h2-5,10-14,17,19-20H,6H2,1H3,(H,16,18)/t10-,11-,12-,13-,14-/m1/s1. The van der Waals surface area contributed by atoms with E-state index in [2.05, 4.69) is 5.32 Å². The topological polar surface area (TPSA) is 108 Å². The molecule has 0 aromatic heterocycles. The van der Waals surface area contributed by atoms with Crippen LogP contribution in [0.2, 0.25) is 5.02 Å². The van der Waals surface area contributed by atoms with Crippen molar-refractivity contribution in [1.29, 1.82) is 0 Å². The number of aliphatic hydroxyl groups excluding tert-OH is 3. The summed E-state index contributed by atoms with van der Waals surface area (Å²) in [6.45, 7) is 0.772. The van der Waals surface area contributed by atoms with Gasteiger partial charge < -0.3 is 30.1 Å². The molecule has 1 aliphatic heterocycles. The molecule has 0 bridgehead atoms. The summed E-state index contributed by atoms with van der Waals surface area (Å²) in [6, 6.07) is 5.51. The van der Waals surface area contributed by atoms with Gasteiger partial charge in [0.25, 0.3) is 0 Å². The van der Waals surface area contributed by atoms with E-state index in [0.717, 1.165) is 0 Å². The lowest BCUT2D eigenvalue weighted by Crippen LogP contribution is -2.65. The Kier molecular flexibility index (Phi) is 5.60. The lowest BCUT2D eigenvalue weighted by molar-refractivity contribution is -0.244. The first-order valence-corrected chi connectivity index (χ1v) is 7.12. The number of rotatable bonds is 4. The van der Waals surface area contributed by atoms with Crippen molar-refractivity contribution in [1.82, 2.24) is 5.32 Å². The van der Waals surface area contributed by atoms with Gasteiger partial charge in [-0.1, -0.05) is 17.7 Å². The van der Waals surface area contributed by atoms with E-state index in [-0.39, 0.29) is 0 Å². The lowest BCUT2D eigenvalue weighted by Gasteiger charge is -2.42. The molecule has 1 aliphatic rings. The van der Waals surface area contributed by atoms with E-state index in [1.165, 1.54) is 6.92 Å². The molecular weight excluding hydrogens is 314 g/mol. The third-order valence-corrected chi connectivity index (χ3v) is 3.53. The quantitative estimate of drug-likeness (QED) is 0.601. The zero-order valence-electron chi connectivity index (χ0n) is 11.8. The van der Waals surface area contributed by atoms with E-state index in [1.807, 2.05) is 0 Å². The highest BCUT2D eigenvalue weighted by Gasteiger charge is 2.46. The van der Waals surface area contributed by atoms with Gasteiger partial charge in [-0.05, 0) is 18.2 Å². The van der Waals surface area contributed by atoms with Crippen LogP contribution in [0.3, 0.4) is 0 Å². The smallest absolute Gasteiger partial charge is 0.223 e. The molecule has 0 radical (unpaired) electrons. The van der Waals surface area contributed by atoms with Crippen LogP contribution in [0.1, 0.15) is 6.92 Å². The molecule has 122 valence electrons. The molecule has 1 fully saturated rings. The number of ether oxygens (including phenoxy) is 2. The highest BCUT2D eigenvalue weighted by molar-refractivity contribution is 6.30. The van der Waals surface area contributed by atoms with Crippen molar-refractivity contribution in [2.75, 3.05) is 6.61 Å². The minimum absolute atomic E-state index is 0.369. The molecule has 0 unspecified atom stereocenters. The average Bonchev–Trinajstić information content (AvgIpc) is 2.46. The Morgan fingerprint density at radius 3 is 2.73 bits per heavy atom. The lowest BCUT2D eigenvalue weighted by atomic mass is 9.97. The predicted molar refractivity (Wildman–Crippen MR) is 77.4 cm³/mol. The number of hydrogen-bond donors (Lipinski definition) is 4. The van der Waals surface area contributed by atoms with E-state index in [4.69, 9.17) is 21.1 Å². The van der Waals surface area contributed by atoms with E-state index in [9.17, 15) is 20.1 Å². The fourth-order valence-corrected chi connectivity index (χ4v) is 2.43. The Bertz CT molecular complexity index is 528. The first kappa shape index (κ1) is 17.0. The summed E-state index contributed by atoms with van der Waals surface area (Å²) in [5.41, 5.74) is 0. The Morgan fingerprint density at radius 2 is 2.14 bits per heavy atom. The van der Waals surface area contributed by atoms with Gasteiger partial charge in [0.05, 0.1) is 6.61 Å². The number of carbonyl (C=O) groups excluding carboxylic acids is 1. The number of halogens is 1. The van der Waals surface area contributed by atoms with Gasteiger partial charge in [0.15, 0.2) is 0 Å². The Morgan fingerprint density at radius 1 is 1.41 bits per heavy atom. The summed E-state index contributed by atoms with van der Waals surface area (Å²) in [7, 11) is 0. The normalized spacial score (nSPS) is 31.6. The van der Waals surface area contributed by atoms with Gasteiger partial charge in [-0.2, -0.15) is 0 Å². The number of carbonyl (C=O) groups is 1. The minimum Gasteiger partial charge on any atom is -0.463 e. The number of benzene rings is 1. The van der Waals surface area contributed by atoms with Crippen molar-refractivity contribution in [3.8, 4) is 5.75 Å². The van der Waals surface area contributed by atoms with Crippen LogP contribution in [-0.2, 0) is 9.53 Å². The van der Waals surface area contributed by atoms with Crippen LogP contribution in [0.4, 0.5) is 0 Å². The molecule has 1 aromatic carbocycles. The SMILES string of the molecule is CC(=O)N[C@H]1[C@H](Oc2cccc(Cl)c2)O[C@H](CO)[C@@H](O)[C@@H]1O. The van der Waals surface area contributed by atoms with Gasteiger partial charge in [-0.15, -0.1) is 0 Å². The van der Waals surface area contributed by atoms with Crippen molar-refractivity contribution in [2.45, 2.75) is 37.6 Å². The second-order valence-electron chi connectivity index (χ2n) is 5.01. The molecule has 0 saturated carbocycles. The van der Waals surface area contributed by atoms with Crippen LogP contribution in [0.15, 0.2) is 24.3 Å². The van der Waals surface area contributed by atoms with Gasteiger partial charge in [-0.25, -0.2) is 0 Å². The van der Waals surface area contributed by atoms with Gasteiger partial charge in [-0.3, -0.25) is 4.79 Å². The van der Waals surface area contributed by atoms with E-state index in [0.29, 0.717) is 10.8 Å². The third-order valence-electron chi connectivity index (χ3n) is 3.30. The number of amides is 1. The maximum atomic E-state index is 11.3. The fourth-order valence-electron chi connectivity index (χ4n) is 2.25. The first-order chi connectivity index (χ1) is 10.4. The van der Waals surface area contributed by atoms with Crippen LogP contribution >= 0.6 is 11.6 Å². The van der Waals surface area contributed by atoms with E-state index in [1.54, 1.807) is 24.3 Å². The van der Waals surface area contributed by atoms with E-state index < -0.39 is 43.2 Å². The summed E-state index contributed by atoms with van der Waals surface area (Å²) >= 11 is 5.87. The van der Waals surface area contributed by atoms with Crippen LogP contribution in [0.5, 0.6) is 5.75 Å². The largest absolute Gasteiger partial charge is 0.463 e. The molecule has 0 aliphatic carbocycles. The van der Waals surface area contributed by atoms with Gasteiger partial charge in [0, 0.05) is 11.9 Å². The zero-order chi connectivity index (χ0) is 16.3. The van der Waals surface area contributed by atoms with Gasteiger partial charge in [0.2, 0.25) is 12.2 Å². The summed E-state index contributed by atoms with van der Waals surface area (Å²) in [5.74, 6) is -0.0462. The van der Waals surface area contributed by atoms with Crippen molar-refractivity contribution < 1.29 is 29.6 Å². The predicted octanol–water partition coefficient (Wildman–Crippen LogP) is -0.338. The fraction of sp³-hybridized carbons (Fsp3) is 0.500. The molecule has 0 spiro atoms. The third kappa shape index (κ3) is 3.88. The summed E-state index contributed by atoms with van der Waals surface area (Å²) in [5, 5.41) is 32.2. The van der Waals surface area contributed by atoms with Crippen LogP contribution in [0, 0.1) is 0 Å². The molecule has 4 N–H and O–H groups in total. The maximum absolute atomic E-state index is 11.3. The van der Waals surface area contributed by atoms with E-state index >= 15 is 0 Å². The summed E-state index contributed by atoms with van der Waals surface area (Å²) in [4.78, 5) is 11.3. The van der Waals surface area contributed by atoms with Gasteiger partial charge in [0.1, 0.15) is 30.1 Å².